The number of rotatable bonds is 3. The first-order valence-electron chi connectivity index (χ1n) is 8.42. The van der Waals surface area contributed by atoms with Crippen LogP contribution < -0.4 is 4.57 Å². The first-order chi connectivity index (χ1) is 13.1. The van der Waals surface area contributed by atoms with Crippen molar-refractivity contribution in [2.45, 2.75) is 18.6 Å². The molecule has 0 fully saturated rings. The van der Waals surface area contributed by atoms with E-state index >= 15 is 0 Å². The lowest BCUT2D eigenvalue weighted by molar-refractivity contribution is -0.764. The van der Waals surface area contributed by atoms with Gasteiger partial charge in [0, 0.05) is 23.9 Å². The lowest BCUT2D eigenvalue weighted by Gasteiger charge is -2.33. The van der Waals surface area contributed by atoms with Gasteiger partial charge in [-0.15, -0.1) is 5.06 Å². The second kappa shape index (κ2) is 6.94. The van der Waals surface area contributed by atoms with E-state index < -0.39 is 29.8 Å². The lowest BCUT2D eigenvalue weighted by Crippen LogP contribution is -2.59. The summed E-state index contributed by atoms with van der Waals surface area (Å²) in [5.41, 5.74) is 1.13. The Morgan fingerprint density at radius 1 is 1.07 bits per heavy atom. The van der Waals surface area contributed by atoms with Crippen LogP contribution in [0.4, 0.5) is 8.78 Å². The van der Waals surface area contributed by atoms with Crippen molar-refractivity contribution in [2.75, 3.05) is 0 Å². The Bertz CT molecular complexity index is 995. The Labute approximate surface area is 154 Å². The molecule has 2 atom stereocenters. The molecule has 0 spiro atoms. The molecule has 1 aromatic carbocycles. The second-order valence-electron chi connectivity index (χ2n) is 6.34. The third-order valence-electron chi connectivity index (χ3n) is 4.69. The molecule has 0 amide bonds. The van der Waals surface area contributed by atoms with Gasteiger partial charge in [0.25, 0.3) is 11.5 Å². The van der Waals surface area contributed by atoms with E-state index in [1.54, 1.807) is 41.1 Å². The van der Waals surface area contributed by atoms with Gasteiger partial charge in [-0.1, -0.05) is 24.3 Å². The maximum absolute atomic E-state index is 14.3. The van der Waals surface area contributed by atoms with Gasteiger partial charge in [-0.3, -0.25) is 4.79 Å². The lowest BCUT2D eigenvalue weighted by atomic mass is 9.95. The van der Waals surface area contributed by atoms with E-state index in [1.807, 2.05) is 0 Å². The first-order valence-corrected chi connectivity index (χ1v) is 8.42. The molecule has 1 aliphatic heterocycles. The summed E-state index contributed by atoms with van der Waals surface area (Å²) >= 11 is 0. The molecule has 5 nitrogen and oxygen atoms in total. The standard InChI is InChI=1S/C20H16F2N3O2/c21-15-6-2-1-5-14(15)19-20(26)16-7-3-4-10-24(16)18(25(19)27)11-13-8-9-17(22)23-12-13/h1-10,12,18-19,27H,11H2/q+1. The summed E-state index contributed by atoms with van der Waals surface area (Å²) in [6.07, 6.45) is 2.62. The average Bonchev–Trinajstić information content (AvgIpc) is 2.68. The molecule has 4 rings (SSSR count). The van der Waals surface area contributed by atoms with Gasteiger partial charge >= 0.3 is 0 Å². The van der Waals surface area contributed by atoms with E-state index in [-0.39, 0.29) is 12.0 Å². The van der Waals surface area contributed by atoms with E-state index in [0.29, 0.717) is 11.3 Å². The normalized spacial score (nSPS) is 19.7. The zero-order chi connectivity index (χ0) is 19.0. The first kappa shape index (κ1) is 17.4. The van der Waals surface area contributed by atoms with E-state index in [1.165, 1.54) is 30.5 Å². The van der Waals surface area contributed by atoms with Gasteiger partial charge in [0.2, 0.25) is 12.1 Å². The Hall–Kier alpha value is -3.03. The van der Waals surface area contributed by atoms with Crippen molar-refractivity contribution in [2.24, 2.45) is 0 Å². The Morgan fingerprint density at radius 2 is 1.85 bits per heavy atom. The number of benzene rings is 1. The molecule has 27 heavy (non-hydrogen) atoms. The summed E-state index contributed by atoms with van der Waals surface area (Å²) in [4.78, 5) is 16.6. The highest BCUT2D eigenvalue weighted by molar-refractivity contribution is 5.98. The van der Waals surface area contributed by atoms with Crippen LogP contribution in [0.1, 0.15) is 33.8 Å². The molecule has 1 aliphatic rings. The maximum Gasteiger partial charge on any atom is 0.252 e. The highest BCUT2D eigenvalue weighted by Crippen LogP contribution is 2.33. The van der Waals surface area contributed by atoms with Crippen molar-refractivity contribution >= 4 is 5.78 Å². The molecule has 136 valence electrons. The highest BCUT2D eigenvalue weighted by Gasteiger charge is 2.47. The second-order valence-corrected chi connectivity index (χ2v) is 6.34. The topological polar surface area (TPSA) is 57.3 Å². The number of carbonyl (C=O) groups is 1. The molecule has 7 heteroatoms. The van der Waals surface area contributed by atoms with Crippen LogP contribution in [0.3, 0.4) is 0 Å². The third-order valence-corrected chi connectivity index (χ3v) is 4.69. The molecule has 0 aliphatic carbocycles. The Balaban J connectivity index is 1.80. The van der Waals surface area contributed by atoms with Crippen LogP contribution in [0.25, 0.3) is 0 Å². The van der Waals surface area contributed by atoms with Crippen molar-refractivity contribution in [3.63, 3.8) is 0 Å². The molecule has 0 bridgehead atoms. The average molecular weight is 368 g/mol. The maximum atomic E-state index is 14.3. The van der Waals surface area contributed by atoms with Gasteiger partial charge in [-0.25, -0.2) is 9.37 Å². The number of carbonyl (C=O) groups excluding carboxylic acids is 1. The van der Waals surface area contributed by atoms with Crippen LogP contribution in [-0.4, -0.2) is 21.0 Å². The number of hydroxylamine groups is 2. The van der Waals surface area contributed by atoms with Gasteiger partial charge in [0.05, 0.1) is 6.42 Å². The van der Waals surface area contributed by atoms with Crippen LogP contribution in [0.5, 0.6) is 0 Å². The fraction of sp³-hybridized carbons (Fsp3) is 0.150. The zero-order valence-electron chi connectivity index (χ0n) is 14.2. The van der Waals surface area contributed by atoms with Crippen molar-refractivity contribution < 1.29 is 23.3 Å². The van der Waals surface area contributed by atoms with E-state index in [0.717, 1.165) is 5.06 Å². The molecule has 0 saturated carbocycles. The fourth-order valence-corrected chi connectivity index (χ4v) is 3.39. The highest BCUT2D eigenvalue weighted by atomic mass is 19.1. The Kier molecular flexibility index (Phi) is 4.47. The number of nitrogens with zero attached hydrogens (tertiary/aromatic N) is 3. The van der Waals surface area contributed by atoms with Crippen LogP contribution in [-0.2, 0) is 6.42 Å². The smallest absolute Gasteiger partial charge is 0.252 e. The number of Topliss-reactive ketones (excluding diaryl/α,β-unsaturated/α-hetero) is 1. The summed E-state index contributed by atoms with van der Waals surface area (Å²) in [5, 5.41) is 11.7. The molecule has 0 saturated heterocycles. The van der Waals surface area contributed by atoms with Gasteiger partial charge in [-0.05, 0) is 23.8 Å². The molecule has 3 aromatic rings. The Morgan fingerprint density at radius 3 is 2.59 bits per heavy atom. The van der Waals surface area contributed by atoms with Gasteiger partial charge < -0.3 is 5.21 Å². The summed E-state index contributed by atoms with van der Waals surface area (Å²) in [5.74, 6) is -1.58. The van der Waals surface area contributed by atoms with Crippen LogP contribution in [0.15, 0.2) is 67.0 Å². The fourth-order valence-electron chi connectivity index (χ4n) is 3.39. The molecule has 3 heterocycles. The number of fused-ring (bicyclic) bond motifs is 1. The SMILES string of the molecule is O=C1c2cccc[n+]2C(Cc2ccc(F)nc2)N(O)C1c1ccccc1F. The number of hydrogen-bond acceptors (Lipinski definition) is 4. The number of halogens is 2. The monoisotopic (exact) mass is 368 g/mol. The van der Waals surface area contributed by atoms with Crippen molar-refractivity contribution in [3.8, 4) is 0 Å². The molecule has 2 unspecified atom stereocenters. The minimum atomic E-state index is -1.17. The molecule has 0 radical (unpaired) electrons. The van der Waals surface area contributed by atoms with E-state index in [4.69, 9.17) is 0 Å². The minimum absolute atomic E-state index is 0.0994. The predicted octanol–water partition coefficient (Wildman–Crippen LogP) is 3.02. The summed E-state index contributed by atoms with van der Waals surface area (Å²) in [7, 11) is 0. The van der Waals surface area contributed by atoms with E-state index in [2.05, 4.69) is 4.98 Å². The largest absolute Gasteiger partial charge is 0.307 e. The molecular weight excluding hydrogens is 352 g/mol. The molecule has 1 N–H and O–H groups in total. The number of aromatic nitrogens is 2. The summed E-state index contributed by atoms with van der Waals surface area (Å²) in [6.45, 7) is 0. The third kappa shape index (κ3) is 3.11. The molecule has 2 aromatic heterocycles. The zero-order valence-corrected chi connectivity index (χ0v) is 14.2. The number of pyridine rings is 2. The number of hydrogen-bond donors (Lipinski definition) is 1. The van der Waals surface area contributed by atoms with Gasteiger partial charge in [0.15, 0.2) is 6.20 Å². The van der Waals surface area contributed by atoms with Crippen molar-refractivity contribution in [1.82, 2.24) is 10.0 Å². The molecular formula is C20H16F2N3O2+. The van der Waals surface area contributed by atoms with E-state index in [9.17, 15) is 18.8 Å². The quantitative estimate of drug-likeness (QED) is 0.570. The van der Waals surface area contributed by atoms with Gasteiger partial charge in [-0.2, -0.15) is 8.96 Å². The van der Waals surface area contributed by atoms with Gasteiger partial charge in [0.1, 0.15) is 11.9 Å². The summed E-state index contributed by atoms with van der Waals surface area (Å²) < 4.78 is 29.1. The number of ketones is 1. The van der Waals surface area contributed by atoms with Crippen LogP contribution in [0, 0.1) is 11.8 Å². The van der Waals surface area contributed by atoms with Crippen LogP contribution in [0.2, 0.25) is 0 Å². The van der Waals surface area contributed by atoms with Crippen LogP contribution >= 0.6 is 0 Å². The predicted molar refractivity (Wildman–Crippen MR) is 90.7 cm³/mol. The van der Waals surface area contributed by atoms with Crippen molar-refractivity contribution in [1.29, 1.82) is 0 Å². The summed E-state index contributed by atoms with van der Waals surface area (Å²) in [6, 6.07) is 12.6. The minimum Gasteiger partial charge on any atom is -0.307 e. The van der Waals surface area contributed by atoms with Crippen molar-refractivity contribution in [3.05, 3.63) is 95.6 Å².